The molecule has 0 radical (unpaired) electrons. The van der Waals surface area contributed by atoms with Gasteiger partial charge < -0.3 is 5.73 Å². The van der Waals surface area contributed by atoms with Crippen LogP contribution in [0.25, 0.3) is 0 Å². The molecule has 1 heterocycles. The molecule has 0 amide bonds. The van der Waals surface area contributed by atoms with Gasteiger partial charge in [-0.15, -0.1) is 0 Å². The Kier molecular flexibility index (Phi) is 1.71. The maximum atomic E-state index is 5.73. The van der Waals surface area contributed by atoms with Gasteiger partial charge in [-0.2, -0.15) is 0 Å². The molecule has 12 heavy (non-hydrogen) atoms. The molecule has 2 rings (SSSR count). The summed E-state index contributed by atoms with van der Waals surface area (Å²) in [6.07, 6.45) is 5.81. The van der Waals surface area contributed by atoms with Crippen LogP contribution >= 0.6 is 0 Å². The molecule has 0 atom stereocenters. The zero-order valence-electron chi connectivity index (χ0n) is 7.20. The molecule has 1 saturated carbocycles. The molecule has 64 valence electrons. The predicted octanol–water partition coefficient (Wildman–Crippen LogP) is 1.57. The Balaban J connectivity index is 2.18. The van der Waals surface area contributed by atoms with Gasteiger partial charge in [0.25, 0.3) is 0 Å². The molecule has 1 aliphatic carbocycles. The molecule has 0 bridgehead atoms. The zero-order chi connectivity index (χ0) is 8.55. The van der Waals surface area contributed by atoms with Crippen LogP contribution in [-0.4, -0.2) is 9.97 Å². The van der Waals surface area contributed by atoms with E-state index < -0.39 is 0 Å². The van der Waals surface area contributed by atoms with E-state index in [2.05, 4.69) is 16.9 Å². The van der Waals surface area contributed by atoms with Gasteiger partial charge in [0, 0.05) is 11.8 Å². The van der Waals surface area contributed by atoms with Crippen LogP contribution in [0.4, 0.5) is 5.82 Å². The highest BCUT2D eigenvalue weighted by molar-refractivity contribution is 5.40. The van der Waals surface area contributed by atoms with Gasteiger partial charge in [0.15, 0.2) is 0 Å². The summed E-state index contributed by atoms with van der Waals surface area (Å²) in [6, 6.07) is 0. The molecule has 0 aromatic carbocycles. The summed E-state index contributed by atoms with van der Waals surface area (Å²) in [4.78, 5) is 7.96. The summed E-state index contributed by atoms with van der Waals surface area (Å²) >= 11 is 0. The van der Waals surface area contributed by atoms with Crippen molar-refractivity contribution >= 4 is 5.82 Å². The average Bonchev–Trinajstić information content (AvgIpc) is 2.01. The second kappa shape index (κ2) is 2.73. The Labute approximate surface area is 72.0 Å². The number of nitrogen functional groups attached to an aromatic ring is 1. The number of aromatic nitrogens is 2. The van der Waals surface area contributed by atoms with E-state index in [4.69, 9.17) is 5.73 Å². The lowest BCUT2D eigenvalue weighted by molar-refractivity contribution is 0.288. The van der Waals surface area contributed by atoms with E-state index in [1.807, 2.05) is 6.20 Å². The molecule has 1 aliphatic rings. The third kappa shape index (κ3) is 1.15. The van der Waals surface area contributed by atoms with E-state index in [9.17, 15) is 0 Å². The van der Waals surface area contributed by atoms with E-state index >= 15 is 0 Å². The number of rotatable bonds is 1. The molecule has 1 aromatic rings. The fourth-order valence-corrected chi connectivity index (χ4v) is 1.82. The first-order chi connectivity index (χ1) is 5.77. The van der Waals surface area contributed by atoms with Crippen molar-refractivity contribution in [3.63, 3.8) is 0 Å². The van der Waals surface area contributed by atoms with Crippen molar-refractivity contribution < 1.29 is 0 Å². The number of hydrogen-bond acceptors (Lipinski definition) is 3. The summed E-state index contributed by atoms with van der Waals surface area (Å²) in [5, 5.41) is 0. The fourth-order valence-electron chi connectivity index (χ4n) is 1.82. The monoisotopic (exact) mass is 163 g/mol. The van der Waals surface area contributed by atoms with Crippen molar-refractivity contribution in [3.8, 4) is 0 Å². The number of anilines is 1. The molecular weight excluding hydrogens is 150 g/mol. The second-order valence-electron chi connectivity index (χ2n) is 3.64. The summed E-state index contributed by atoms with van der Waals surface area (Å²) in [6.45, 7) is 2.26. The Bertz CT molecular complexity index is 279. The van der Waals surface area contributed by atoms with Gasteiger partial charge in [-0.3, -0.25) is 0 Å². The van der Waals surface area contributed by atoms with Crippen molar-refractivity contribution in [1.29, 1.82) is 0 Å². The third-order valence-corrected chi connectivity index (χ3v) is 2.59. The lowest BCUT2D eigenvalue weighted by Crippen LogP contribution is -2.20. The predicted molar refractivity (Wildman–Crippen MR) is 47.6 cm³/mol. The van der Waals surface area contributed by atoms with E-state index in [0.717, 1.165) is 11.5 Å². The van der Waals surface area contributed by atoms with Gasteiger partial charge in [0.2, 0.25) is 0 Å². The van der Waals surface area contributed by atoms with Crippen LogP contribution in [0.15, 0.2) is 12.5 Å². The smallest absolute Gasteiger partial charge is 0.130 e. The molecule has 0 saturated heterocycles. The van der Waals surface area contributed by atoms with Gasteiger partial charge in [-0.05, 0) is 24.7 Å². The molecule has 3 heteroatoms. The van der Waals surface area contributed by atoms with Crippen LogP contribution in [0.3, 0.4) is 0 Å². The number of hydrogen-bond donors (Lipinski definition) is 1. The van der Waals surface area contributed by atoms with Crippen LogP contribution in [0.2, 0.25) is 0 Å². The summed E-state index contributed by atoms with van der Waals surface area (Å²) < 4.78 is 0. The highest BCUT2D eigenvalue weighted by Gasteiger charge is 2.28. The minimum Gasteiger partial charge on any atom is -0.383 e. The van der Waals surface area contributed by atoms with Crippen molar-refractivity contribution in [2.24, 2.45) is 5.92 Å². The van der Waals surface area contributed by atoms with Crippen LogP contribution < -0.4 is 5.73 Å². The van der Waals surface area contributed by atoms with Gasteiger partial charge in [-0.1, -0.05) is 6.92 Å². The number of nitrogens with zero attached hydrogens (tertiary/aromatic N) is 2. The minimum absolute atomic E-state index is 0.612. The van der Waals surface area contributed by atoms with Crippen molar-refractivity contribution in [3.05, 3.63) is 18.1 Å². The average molecular weight is 163 g/mol. The quantitative estimate of drug-likeness (QED) is 0.683. The Hall–Kier alpha value is -1.12. The topological polar surface area (TPSA) is 51.8 Å². The molecule has 1 aromatic heterocycles. The summed E-state index contributed by atoms with van der Waals surface area (Å²) in [7, 11) is 0. The van der Waals surface area contributed by atoms with Crippen LogP contribution in [0, 0.1) is 5.92 Å². The highest BCUT2D eigenvalue weighted by atomic mass is 14.9. The fraction of sp³-hybridized carbons (Fsp3) is 0.556. The van der Waals surface area contributed by atoms with Gasteiger partial charge in [-0.25, -0.2) is 9.97 Å². The van der Waals surface area contributed by atoms with Crippen LogP contribution in [0.1, 0.15) is 31.2 Å². The van der Waals surface area contributed by atoms with Crippen molar-refractivity contribution in [2.75, 3.05) is 5.73 Å². The van der Waals surface area contributed by atoms with Crippen LogP contribution in [0.5, 0.6) is 0 Å². The first-order valence-electron chi connectivity index (χ1n) is 4.32. The summed E-state index contributed by atoms with van der Waals surface area (Å²) in [5.41, 5.74) is 6.86. The normalized spacial score (nSPS) is 28.1. The molecule has 0 spiro atoms. The maximum Gasteiger partial charge on any atom is 0.130 e. The maximum absolute atomic E-state index is 5.73. The third-order valence-electron chi connectivity index (χ3n) is 2.59. The first-order valence-corrected chi connectivity index (χ1v) is 4.32. The standard InChI is InChI=1S/C9H13N3/c1-6-2-7(3-6)8-4-11-5-12-9(8)10/h4-7H,2-3H2,1H3,(H2,10,11,12). The lowest BCUT2D eigenvalue weighted by Gasteiger charge is -2.32. The first kappa shape index (κ1) is 7.53. The molecule has 0 aliphatic heterocycles. The molecule has 1 fully saturated rings. The molecular formula is C9H13N3. The van der Waals surface area contributed by atoms with E-state index in [-0.39, 0.29) is 0 Å². The largest absolute Gasteiger partial charge is 0.383 e. The summed E-state index contributed by atoms with van der Waals surface area (Å²) in [5.74, 6) is 2.11. The van der Waals surface area contributed by atoms with Gasteiger partial charge in [0.05, 0.1) is 0 Å². The lowest BCUT2D eigenvalue weighted by atomic mass is 9.73. The van der Waals surface area contributed by atoms with Crippen molar-refractivity contribution in [1.82, 2.24) is 9.97 Å². The minimum atomic E-state index is 0.612. The van der Waals surface area contributed by atoms with Gasteiger partial charge in [0.1, 0.15) is 12.1 Å². The zero-order valence-corrected chi connectivity index (χ0v) is 7.20. The van der Waals surface area contributed by atoms with Gasteiger partial charge >= 0.3 is 0 Å². The highest BCUT2D eigenvalue weighted by Crippen LogP contribution is 2.42. The van der Waals surface area contributed by atoms with E-state index in [0.29, 0.717) is 11.7 Å². The Morgan fingerprint density at radius 1 is 1.50 bits per heavy atom. The van der Waals surface area contributed by atoms with E-state index in [1.165, 1.54) is 19.2 Å². The number of nitrogens with two attached hydrogens (primary N) is 1. The Morgan fingerprint density at radius 3 is 2.83 bits per heavy atom. The SMILES string of the molecule is CC1CC(c2cncnc2N)C1. The van der Waals surface area contributed by atoms with Crippen LogP contribution in [-0.2, 0) is 0 Å². The van der Waals surface area contributed by atoms with Crippen molar-refractivity contribution in [2.45, 2.75) is 25.7 Å². The molecule has 3 nitrogen and oxygen atoms in total. The molecule has 2 N–H and O–H groups in total. The second-order valence-corrected chi connectivity index (χ2v) is 3.64. The van der Waals surface area contributed by atoms with E-state index in [1.54, 1.807) is 0 Å². The molecule has 0 unspecified atom stereocenters. The Morgan fingerprint density at radius 2 is 2.25 bits per heavy atom.